The molecule has 0 unspecified atom stereocenters. The summed E-state index contributed by atoms with van der Waals surface area (Å²) < 4.78 is 55.1. The molecule has 10 heteroatoms. The van der Waals surface area contributed by atoms with Crippen LogP contribution in [0.1, 0.15) is 35.7 Å². The molecular formula is C18H22F2N4O3S. The third-order valence-electron chi connectivity index (χ3n) is 4.74. The van der Waals surface area contributed by atoms with Crippen LogP contribution in [0.25, 0.3) is 0 Å². The van der Waals surface area contributed by atoms with E-state index in [1.165, 1.54) is 22.2 Å². The second-order valence-corrected chi connectivity index (χ2v) is 8.92. The van der Waals surface area contributed by atoms with E-state index < -0.39 is 27.6 Å². The van der Waals surface area contributed by atoms with Gasteiger partial charge in [-0.15, -0.1) is 0 Å². The molecule has 2 aromatic rings. The number of carbonyl (C=O) groups excluding carboxylic acids is 1. The average molecular weight is 412 g/mol. The number of rotatable bonds is 5. The van der Waals surface area contributed by atoms with Crippen LogP contribution in [-0.2, 0) is 23.6 Å². The van der Waals surface area contributed by atoms with Crippen LogP contribution in [0.2, 0.25) is 0 Å². The normalized spacial score (nSPS) is 16.3. The summed E-state index contributed by atoms with van der Waals surface area (Å²) in [5.41, 5.74) is 0.127. The summed E-state index contributed by atoms with van der Waals surface area (Å²) in [6, 6.07) is 2.93. The molecule has 0 bridgehead atoms. The predicted octanol–water partition coefficient (Wildman–Crippen LogP) is 2.05. The van der Waals surface area contributed by atoms with Gasteiger partial charge >= 0.3 is 0 Å². The molecule has 0 spiro atoms. The van der Waals surface area contributed by atoms with Crippen molar-refractivity contribution in [1.29, 1.82) is 0 Å². The highest BCUT2D eigenvalue weighted by molar-refractivity contribution is 7.89. The van der Waals surface area contributed by atoms with Crippen molar-refractivity contribution in [3.63, 3.8) is 0 Å². The summed E-state index contributed by atoms with van der Waals surface area (Å²) in [6.45, 7) is 2.68. The lowest BCUT2D eigenvalue weighted by atomic mass is 10.0. The first-order valence-corrected chi connectivity index (χ1v) is 10.4. The van der Waals surface area contributed by atoms with E-state index in [1.54, 1.807) is 0 Å². The zero-order chi connectivity index (χ0) is 20.5. The molecule has 28 heavy (non-hydrogen) atoms. The first-order valence-electron chi connectivity index (χ1n) is 8.94. The number of hydrogen-bond acceptors (Lipinski definition) is 4. The second kappa shape index (κ2) is 7.96. The molecule has 1 saturated heterocycles. The number of aromatic nitrogens is 2. The minimum absolute atomic E-state index is 0.0991. The summed E-state index contributed by atoms with van der Waals surface area (Å²) in [5.74, 6) is -1.74. The van der Waals surface area contributed by atoms with Gasteiger partial charge in [-0.1, -0.05) is 6.92 Å². The van der Waals surface area contributed by atoms with Crippen LogP contribution in [0.3, 0.4) is 0 Å². The number of nitrogens with zero attached hydrogens (tertiary/aromatic N) is 3. The molecule has 0 saturated carbocycles. The van der Waals surface area contributed by atoms with E-state index in [0.29, 0.717) is 19.0 Å². The third-order valence-corrected chi connectivity index (χ3v) is 6.58. The van der Waals surface area contributed by atoms with Crippen molar-refractivity contribution in [3.05, 3.63) is 47.2 Å². The second-order valence-electron chi connectivity index (χ2n) is 7.07. The average Bonchev–Trinajstić information content (AvgIpc) is 3.02. The molecular weight excluding hydrogens is 390 g/mol. The summed E-state index contributed by atoms with van der Waals surface area (Å²) in [5, 5.41) is 6.17. The Morgan fingerprint density at radius 3 is 2.43 bits per heavy atom. The Morgan fingerprint density at radius 1 is 1.21 bits per heavy atom. The van der Waals surface area contributed by atoms with Gasteiger partial charge in [0.1, 0.15) is 11.6 Å². The fourth-order valence-electron chi connectivity index (χ4n) is 3.15. The SMILES string of the molecule is CC1CCN(S(=O)(=O)c2nn(C)cc2C(=O)NCc2cc(F)cc(F)c2)CC1. The molecule has 0 aliphatic carbocycles. The van der Waals surface area contributed by atoms with Crippen LogP contribution in [0.4, 0.5) is 8.78 Å². The minimum atomic E-state index is -3.92. The number of aryl methyl sites for hydroxylation is 1. The Balaban J connectivity index is 1.80. The molecule has 1 amide bonds. The lowest BCUT2D eigenvalue weighted by Gasteiger charge is -2.28. The van der Waals surface area contributed by atoms with Crippen molar-refractivity contribution in [2.24, 2.45) is 13.0 Å². The van der Waals surface area contributed by atoms with Gasteiger partial charge in [-0.05, 0) is 36.5 Å². The molecule has 7 nitrogen and oxygen atoms in total. The molecule has 1 aliphatic rings. The number of benzene rings is 1. The van der Waals surface area contributed by atoms with Crippen molar-refractivity contribution in [1.82, 2.24) is 19.4 Å². The van der Waals surface area contributed by atoms with Crippen LogP contribution >= 0.6 is 0 Å². The lowest BCUT2D eigenvalue weighted by Crippen LogP contribution is -2.39. The van der Waals surface area contributed by atoms with Crippen molar-refractivity contribution in [3.8, 4) is 0 Å². The van der Waals surface area contributed by atoms with Gasteiger partial charge < -0.3 is 5.32 Å². The number of halogens is 2. The largest absolute Gasteiger partial charge is 0.348 e. The third kappa shape index (κ3) is 4.39. The standard InChI is InChI=1S/C18H22F2N4O3S/c1-12-3-5-24(6-4-12)28(26,27)18-16(11-23(2)22-18)17(25)21-10-13-7-14(19)9-15(20)8-13/h7-9,11-12H,3-6,10H2,1-2H3,(H,21,25). The lowest BCUT2D eigenvalue weighted by molar-refractivity contribution is 0.0947. The molecule has 1 aliphatic heterocycles. The smallest absolute Gasteiger partial charge is 0.263 e. The van der Waals surface area contributed by atoms with Gasteiger partial charge in [-0.25, -0.2) is 17.2 Å². The topological polar surface area (TPSA) is 84.3 Å². The predicted molar refractivity (Wildman–Crippen MR) is 97.9 cm³/mol. The van der Waals surface area contributed by atoms with Crippen LogP contribution in [-0.4, -0.2) is 41.5 Å². The van der Waals surface area contributed by atoms with E-state index >= 15 is 0 Å². The fourth-order valence-corrected chi connectivity index (χ4v) is 4.74. The fraction of sp³-hybridized carbons (Fsp3) is 0.444. The number of nitrogens with one attached hydrogen (secondary N) is 1. The van der Waals surface area contributed by atoms with Crippen molar-refractivity contribution >= 4 is 15.9 Å². The number of piperidine rings is 1. The number of carbonyl (C=O) groups is 1. The maximum absolute atomic E-state index is 13.3. The molecule has 2 heterocycles. The number of sulfonamides is 1. The first kappa shape index (κ1) is 20.4. The molecule has 152 valence electrons. The molecule has 1 N–H and O–H groups in total. The van der Waals surface area contributed by atoms with E-state index in [4.69, 9.17) is 0 Å². The maximum Gasteiger partial charge on any atom is 0.263 e. The van der Waals surface area contributed by atoms with Crippen molar-refractivity contribution in [2.45, 2.75) is 31.3 Å². The number of amides is 1. The summed E-state index contributed by atoms with van der Waals surface area (Å²) in [7, 11) is -2.39. The van der Waals surface area contributed by atoms with Gasteiger partial charge in [0, 0.05) is 38.9 Å². The van der Waals surface area contributed by atoms with E-state index in [2.05, 4.69) is 17.3 Å². The highest BCUT2D eigenvalue weighted by atomic mass is 32.2. The quantitative estimate of drug-likeness (QED) is 0.815. The van der Waals surface area contributed by atoms with Crippen molar-refractivity contribution < 1.29 is 22.0 Å². The maximum atomic E-state index is 13.3. The summed E-state index contributed by atoms with van der Waals surface area (Å²) in [4.78, 5) is 12.6. The van der Waals surface area contributed by atoms with E-state index in [1.807, 2.05) is 0 Å². The van der Waals surface area contributed by atoms with Crippen LogP contribution in [0.5, 0.6) is 0 Å². The molecule has 0 radical (unpaired) electrons. The Kier molecular flexibility index (Phi) is 5.80. The van der Waals surface area contributed by atoms with E-state index in [-0.39, 0.29) is 22.7 Å². The Labute approximate surface area is 162 Å². The Bertz CT molecular complexity index is 962. The Morgan fingerprint density at radius 2 is 1.82 bits per heavy atom. The van der Waals surface area contributed by atoms with Gasteiger partial charge in [0.2, 0.25) is 5.03 Å². The van der Waals surface area contributed by atoms with Gasteiger partial charge in [0.15, 0.2) is 0 Å². The van der Waals surface area contributed by atoms with Crippen molar-refractivity contribution in [2.75, 3.05) is 13.1 Å². The molecule has 1 fully saturated rings. The number of hydrogen-bond donors (Lipinski definition) is 1. The van der Waals surface area contributed by atoms with Crippen LogP contribution in [0.15, 0.2) is 29.4 Å². The minimum Gasteiger partial charge on any atom is -0.348 e. The van der Waals surface area contributed by atoms with Gasteiger partial charge in [-0.2, -0.15) is 9.40 Å². The molecule has 1 aromatic heterocycles. The van der Waals surface area contributed by atoms with E-state index in [9.17, 15) is 22.0 Å². The zero-order valence-electron chi connectivity index (χ0n) is 15.7. The highest BCUT2D eigenvalue weighted by Crippen LogP contribution is 2.24. The van der Waals surface area contributed by atoms with Gasteiger partial charge in [0.25, 0.3) is 15.9 Å². The van der Waals surface area contributed by atoms with Gasteiger partial charge in [-0.3, -0.25) is 9.48 Å². The molecule has 0 atom stereocenters. The highest BCUT2D eigenvalue weighted by Gasteiger charge is 2.34. The van der Waals surface area contributed by atoms with Gasteiger partial charge in [0.05, 0.1) is 5.56 Å². The monoisotopic (exact) mass is 412 g/mol. The summed E-state index contributed by atoms with van der Waals surface area (Å²) in [6.07, 6.45) is 2.82. The summed E-state index contributed by atoms with van der Waals surface area (Å²) >= 11 is 0. The zero-order valence-corrected chi connectivity index (χ0v) is 16.5. The van der Waals surface area contributed by atoms with Crippen LogP contribution < -0.4 is 5.32 Å². The van der Waals surface area contributed by atoms with Crippen LogP contribution in [0, 0.1) is 17.6 Å². The molecule has 3 rings (SSSR count). The van der Waals surface area contributed by atoms with E-state index in [0.717, 1.165) is 31.0 Å². The molecule has 1 aromatic carbocycles. The first-order chi connectivity index (χ1) is 13.2. The Hall–Kier alpha value is -2.33.